The van der Waals surface area contributed by atoms with Crippen molar-refractivity contribution in [1.82, 2.24) is 0 Å². The van der Waals surface area contributed by atoms with Gasteiger partial charge in [0, 0.05) is 15.6 Å². The Labute approximate surface area is 168 Å². The number of nitrogens with zero attached hydrogens (tertiary/aromatic N) is 1. The minimum absolute atomic E-state index is 0.0143. The topological polar surface area (TPSA) is 58.6 Å². The molecule has 0 saturated carbocycles. The van der Waals surface area contributed by atoms with Crippen LogP contribution in [0, 0.1) is 6.92 Å². The third-order valence-corrected chi connectivity index (χ3v) is 5.14. The lowest BCUT2D eigenvalue weighted by Crippen LogP contribution is -2.32. The van der Waals surface area contributed by atoms with Crippen LogP contribution in [-0.2, 0) is 9.59 Å². The standard InChI is InChI=1S/C18H13BrCl2N2O3/c1-9-7-13(14(26-2)8-12(9)20)22-16-15(21)17(24)23(18(16)25)11-5-3-10(19)4-6-11/h3-8,22H,1-2H3. The monoisotopic (exact) mass is 454 g/mol. The minimum Gasteiger partial charge on any atom is -0.495 e. The summed E-state index contributed by atoms with van der Waals surface area (Å²) >= 11 is 15.6. The number of aryl methyl sites for hydroxylation is 1. The largest absolute Gasteiger partial charge is 0.495 e. The van der Waals surface area contributed by atoms with Gasteiger partial charge in [0.1, 0.15) is 16.5 Å². The number of amides is 2. The van der Waals surface area contributed by atoms with Crippen molar-refractivity contribution in [2.45, 2.75) is 6.92 Å². The van der Waals surface area contributed by atoms with E-state index in [1.807, 2.05) is 6.92 Å². The maximum Gasteiger partial charge on any atom is 0.283 e. The molecule has 0 saturated heterocycles. The van der Waals surface area contributed by atoms with E-state index in [2.05, 4.69) is 21.2 Å². The first-order valence-corrected chi connectivity index (χ1v) is 9.03. The number of halogens is 3. The van der Waals surface area contributed by atoms with E-state index in [0.29, 0.717) is 22.1 Å². The Hall–Kier alpha value is -2.02. The summed E-state index contributed by atoms with van der Waals surface area (Å²) in [5, 5.41) is 3.25. The van der Waals surface area contributed by atoms with Crippen LogP contribution in [0.4, 0.5) is 11.4 Å². The molecule has 1 aliphatic heterocycles. The van der Waals surface area contributed by atoms with E-state index in [1.54, 1.807) is 36.4 Å². The third-order valence-electron chi connectivity index (χ3n) is 3.85. The first kappa shape index (κ1) is 18.8. The molecule has 0 bridgehead atoms. The molecule has 1 aliphatic rings. The summed E-state index contributed by atoms with van der Waals surface area (Å²) in [6, 6.07) is 10.1. The van der Waals surface area contributed by atoms with Gasteiger partial charge >= 0.3 is 0 Å². The van der Waals surface area contributed by atoms with E-state index in [0.717, 1.165) is 14.9 Å². The highest BCUT2D eigenvalue weighted by Crippen LogP contribution is 2.35. The van der Waals surface area contributed by atoms with Crippen LogP contribution in [0.25, 0.3) is 0 Å². The number of ether oxygens (including phenoxy) is 1. The molecule has 2 amide bonds. The van der Waals surface area contributed by atoms with E-state index in [-0.39, 0.29) is 10.7 Å². The summed E-state index contributed by atoms with van der Waals surface area (Å²) < 4.78 is 6.12. The fourth-order valence-corrected chi connectivity index (χ4v) is 3.13. The molecule has 2 aromatic rings. The molecular weight excluding hydrogens is 443 g/mol. The van der Waals surface area contributed by atoms with Crippen LogP contribution in [0.1, 0.15) is 5.56 Å². The number of carbonyl (C=O) groups excluding carboxylic acids is 2. The number of hydrogen-bond acceptors (Lipinski definition) is 4. The highest BCUT2D eigenvalue weighted by molar-refractivity contribution is 9.10. The molecule has 1 N–H and O–H groups in total. The van der Waals surface area contributed by atoms with Crippen molar-refractivity contribution < 1.29 is 14.3 Å². The number of benzene rings is 2. The van der Waals surface area contributed by atoms with Gasteiger partial charge in [-0.1, -0.05) is 39.1 Å². The summed E-state index contributed by atoms with van der Waals surface area (Å²) in [6.07, 6.45) is 0. The van der Waals surface area contributed by atoms with Crippen molar-refractivity contribution in [3.8, 4) is 5.75 Å². The van der Waals surface area contributed by atoms with Gasteiger partial charge in [0.25, 0.3) is 11.8 Å². The average Bonchev–Trinajstić information content (AvgIpc) is 2.82. The Kier molecular flexibility index (Phi) is 5.27. The number of rotatable bonds is 4. The number of anilines is 2. The molecule has 26 heavy (non-hydrogen) atoms. The van der Waals surface area contributed by atoms with Crippen LogP contribution in [0.15, 0.2) is 51.6 Å². The van der Waals surface area contributed by atoms with E-state index in [9.17, 15) is 9.59 Å². The molecule has 1 heterocycles. The van der Waals surface area contributed by atoms with E-state index in [4.69, 9.17) is 27.9 Å². The molecule has 2 aromatic carbocycles. The number of imide groups is 1. The number of nitrogens with one attached hydrogen (secondary N) is 1. The SMILES string of the molecule is COc1cc(Cl)c(C)cc1NC1=C(Cl)C(=O)N(c2ccc(Br)cc2)C1=O. The van der Waals surface area contributed by atoms with Crippen molar-refractivity contribution in [3.05, 3.63) is 62.2 Å². The molecular formula is C18H13BrCl2N2O3. The molecule has 0 fully saturated rings. The summed E-state index contributed by atoms with van der Waals surface area (Å²) in [5.41, 5.74) is 1.69. The Balaban J connectivity index is 1.96. The van der Waals surface area contributed by atoms with Crippen LogP contribution >= 0.6 is 39.1 Å². The molecule has 3 rings (SSSR count). The normalized spacial score (nSPS) is 14.3. The van der Waals surface area contributed by atoms with E-state index in [1.165, 1.54) is 7.11 Å². The lowest BCUT2D eigenvalue weighted by molar-refractivity contribution is -0.120. The van der Waals surface area contributed by atoms with Crippen molar-refractivity contribution >= 4 is 62.3 Å². The Morgan fingerprint density at radius 3 is 2.35 bits per heavy atom. The fraction of sp³-hybridized carbons (Fsp3) is 0.111. The molecule has 0 atom stereocenters. The molecule has 0 aromatic heterocycles. The molecule has 8 heteroatoms. The maximum atomic E-state index is 12.8. The van der Waals surface area contributed by atoms with Gasteiger partial charge in [-0.2, -0.15) is 0 Å². The maximum absolute atomic E-state index is 12.8. The molecule has 0 spiro atoms. The molecule has 0 radical (unpaired) electrons. The lowest BCUT2D eigenvalue weighted by atomic mass is 10.2. The van der Waals surface area contributed by atoms with Gasteiger partial charge in [0.15, 0.2) is 0 Å². The Morgan fingerprint density at radius 1 is 1.08 bits per heavy atom. The highest BCUT2D eigenvalue weighted by atomic mass is 79.9. The van der Waals surface area contributed by atoms with Crippen LogP contribution < -0.4 is 15.0 Å². The zero-order chi connectivity index (χ0) is 19.0. The Morgan fingerprint density at radius 2 is 1.73 bits per heavy atom. The second kappa shape index (κ2) is 7.31. The second-order valence-electron chi connectivity index (χ2n) is 5.54. The highest BCUT2D eigenvalue weighted by Gasteiger charge is 2.39. The van der Waals surface area contributed by atoms with Gasteiger partial charge in [-0.3, -0.25) is 9.59 Å². The molecule has 0 unspecified atom stereocenters. The smallest absolute Gasteiger partial charge is 0.283 e. The first-order chi connectivity index (χ1) is 12.3. The number of carbonyl (C=O) groups is 2. The van der Waals surface area contributed by atoms with Crippen molar-refractivity contribution in [2.75, 3.05) is 17.3 Å². The van der Waals surface area contributed by atoms with Crippen LogP contribution in [0.5, 0.6) is 5.75 Å². The van der Waals surface area contributed by atoms with Gasteiger partial charge in [0.2, 0.25) is 0 Å². The molecule has 134 valence electrons. The van der Waals surface area contributed by atoms with Crippen LogP contribution in [0.2, 0.25) is 5.02 Å². The van der Waals surface area contributed by atoms with Gasteiger partial charge < -0.3 is 10.1 Å². The van der Waals surface area contributed by atoms with Crippen LogP contribution in [-0.4, -0.2) is 18.9 Å². The predicted octanol–water partition coefficient (Wildman–Crippen LogP) is 4.86. The zero-order valence-corrected chi connectivity index (χ0v) is 16.9. The summed E-state index contributed by atoms with van der Waals surface area (Å²) in [5.74, 6) is -0.706. The second-order valence-corrected chi connectivity index (χ2v) is 7.24. The van der Waals surface area contributed by atoms with Gasteiger partial charge in [-0.05, 0) is 42.8 Å². The molecule has 5 nitrogen and oxygen atoms in total. The van der Waals surface area contributed by atoms with Crippen LogP contribution in [0.3, 0.4) is 0 Å². The van der Waals surface area contributed by atoms with Crippen molar-refractivity contribution in [1.29, 1.82) is 0 Å². The summed E-state index contributed by atoms with van der Waals surface area (Å²) in [7, 11) is 1.48. The van der Waals surface area contributed by atoms with Gasteiger partial charge in [-0.25, -0.2) is 4.90 Å². The van der Waals surface area contributed by atoms with E-state index < -0.39 is 11.8 Å². The zero-order valence-electron chi connectivity index (χ0n) is 13.8. The third kappa shape index (κ3) is 3.32. The van der Waals surface area contributed by atoms with Gasteiger partial charge in [0.05, 0.1) is 18.5 Å². The number of methoxy groups -OCH3 is 1. The fourth-order valence-electron chi connectivity index (χ4n) is 2.50. The summed E-state index contributed by atoms with van der Waals surface area (Å²) in [6.45, 7) is 1.82. The predicted molar refractivity (Wildman–Crippen MR) is 106 cm³/mol. The number of hydrogen-bond donors (Lipinski definition) is 1. The average molecular weight is 456 g/mol. The van der Waals surface area contributed by atoms with Crippen molar-refractivity contribution in [3.63, 3.8) is 0 Å². The van der Waals surface area contributed by atoms with Crippen molar-refractivity contribution in [2.24, 2.45) is 0 Å². The lowest BCUT2D eigenvalue weighted by Gasteiger charge is -2.16. The summed E-state index contributed by atoms with van der Waals surface area (Å²) in [4.78, 5) is 26.3. The molecule has 0 aliphatic carbocycles. The van der Waals surface area contributed by atoms with E-state index >= 15 is 0 Å². The quantitative estimate of drug-likeness (QED) is 0.669. The minimum atomic E-state index is -0.592. The first-order valence-electron chi connectivity index (χ1n) is 7.48. The van der Waals surface area contributed by atoms with Gasteiger partial charge in [-0.15, -0.1) is 0 Å². The Bertz CT molecular complexity index is 942.